The van der Waals surface area contributed by atoms with Gasteiger partial charge in [-0.25, -0.2) is 0 Å². The molecule has 0 aromatic heterocycles. The number of rotatable bonds is 5. The normalized spacial score (nSPS) is 25.4. The maximum absolute atomic E-state index is 5.97. The molecule has 1 N–H and O–H groups in total. The summed E-state index contributed by atoms with van der Waals surface area (Å²) < 4.78 is 0. The van der Waals surface area contributed by atoms with Gasteiger partial charge in [-0.2, -0.15) is 0 Å². The van der Waals surface area contributed by atoms with Gasteiger partial charge in [0.2, 0.25) is 0 Å². The molecule has 4 rings (SSSR count). The minimum atomic E-state index is 0. The number of guanidine groups is 1. The highest BCUT2D eigenvalue weighted by atomic mass is 127. The van der Waals surface area contributed by atoms with Crippen LogP contribution in [0.5, 0.6) is 0 Å². The highest BCUT2D eigenvalue weighted by Crippen LogP contribution is 2.16. The number of piperazine rings is 3. The molecule has 0 spiro atoms. The number of hydrogen-bond donors (Lipinski definition) is 1. The number of halogens is 2. The molecule has 3 aliphatic rings. The molecule has 3 fully saturated rings. The summed E-state index contributed by atoms with van der Waals surface area (Å²) in [5, 5.41) is 4.19. The summed E-state index contributed by atoms with van der Waals surface area (Å²) in [5.74, 6) is 0.977. The van der Waals surface area contributed by atoms with Crippen molar-refractivity contribution < 1.29 is 0 Å². The summed E-state index contributed by atoms with van der Waals surface area (Å²) in [6.45, 7) is 10.7. The van der Waals surface area contributed by atoms with Crippen molar-refractivity contribution in [1.82, 2.24) is 20.0 Å². The molecule has 1 unspecified atom stereocenters. The van der Waals surface area contributed by atoms with Crippen LogP contribution in [0.15, 0.2) is 29.3 Å². The van der Waals surface area contributed by atoms with Crippen molar-refractivity contribution in [2.45, 2.75) is 19.5 Å². The first-order valence-electron chi connectivity index (χ1n) is 8.86. The topological polar surface area (TPSA) is 34.1 Å². The molecule has 3 heterocycles. The Morgan fingerprint density at radius 1 is 1.24 bits per heavy atom. The second kappa shape index (κ2) is 9.94. The summed E-state index contributed by atoms with van der Waals surface area (Å²) in [6.07, 6.45) is 0. The Kier molecular flexibility index (Phi) is 8.25. The molecular weight excluding hydrogens is 449 g/mol. The van der Waals surface area contributed by atoms with Gasteiger partial charge in [-0.05, 0) is 24.6 Å². The fraction of sp³-hybridized carbons (Fsp3) is 0.611. The summed E-state index contributed by atoms with van der Waals surface area (Å²) in [5.41, 5.74) is 1.24. The molecule has 3 aliphatic heterocycles. The van der Waals surface area contributed by atoms with Crippen molar-refractivity contribution in [2.24, 2.45) is 4.99 Å². The molecule has 0 amide bonds. The Morgan fingerprint density at radius 2 is 1.92 bits per heavy atom. The highest BCUT2D eigenvalue weighted by Gasteiger charge is 2.31. The number of fused-ring (bicyclic) bond motifs is 3. The Balaban J connectivity index is 0.00000225. The minimum absolute atomic E-state index is 0. The Morgan fingerprint density at radius 3 is 2.48 bits per heavy atom. The number of nitrogens with one attached hydrogen (secondary N) is 1. The van der Waals surface area contributed by atoms with Crippen molar-refractivity contribution in [1.29, 1.82) is 0 Å². The molecule has 1 atom stereocenters. The highest BCUT2D eigenvalue weighted by molar-refractivity contribution is 14.0. The molecule has 140 valence electrons. The maximum atomic E-state index is 5.97. The number of nitrogens with zero attached hydrogens (tertiary/aromatic N) is 4. The zero-order valence-corrected chi connectivity index (χ0v) is 18.2. The summed E-state index contributed by atoms with van der Waals surface area (Å²) in [6, 6.07) is 8.58. The van der Waals surface area contributed by atoms with E-state index in [2.05, 4.69) is 46.1 Å². The Labute approximate surface area is 173 Å². The van der Waals surface area contributed by atoms with Crippen LogP contribution in [-0.4, -0.2) is 79.6 Å². The predicted molar refractivity (Wildman–Crippen MR) is 116 cm³/mol. The Bertz CT molecular complexity index is 557. The zero-order chi connectivity index (χ0) is 16.9. The van der Waals surface area contributed by atoms with Gasteiger partial charge < -0.3 is 10.2 Å². The van der Waals surface area contributed by atoms with Gasteiger partial charge in [-0.3, -0.25) is 14.8 Å². The third kappa shape index (κ3) is 5.70. The SMILES string of the molecule is CCNC(=NCC1CN2CCN1CC2)N(C)Cc1ccc(Cl)cc1.I. The summed E-state index contributed by atoms with van der Waals surface area (Å²) >= 11 is 5.97. The largest absolute Gasteiger partial charge is 0.357 e. The lowest BCUT2D eigenvalue weighted by atomic mass is 10.1. The fourth-order valence-electron chi connectivity index (χ4n) is 3.50. The standard InChI is InChI=1S/C18H28ClN5.HI/c1-3-20-18(22(2)13-15-4-6-16(19)7-5-15)21-12-17-14-23-8-10-24(17)11-9-23;/h4-7,17H,3,8-14H2,1-2H3,(H,20,21);1H. The molecular formula is C18H29ClIN5. The van der Waals surface area contributed by atoms with Crippen LogP contribution in [0.1, 0.15) is 12.5 Å². The number of aliphatic imine (C=N–C) groups is 1. The Hall–Kier alpha value is -0.570. The third-order valence-electron chi connectivity index (χ3n) is 4.87. The molecule has 25 heavy (non-hydrogen) atoms. The van der Waals surface area contributed by atoms with Crippen molar-refractivity contribution in [3.05, 3.63) is 34.9 Å². The number of hydrogen-bond acceptors (Lipinski definition) is 3. The first-order chi connectivity index (χ1) is 11.7. The van der Waals surface area contributed by atoms with Crippen LogP contribution in [0.2, 0.25) is 5.02 Å². The van der Waals surface area contributed by atoms with Crippen molar-refractivity contribution in [2.75, 3.05) is 52.9 Å². The molecule has 0 radical (unpaired) electrons. The van der Waals surface area contributed by atoms with E-state index < -0.39 is 0 Å². The van der Waals surface area contributed by atoms with Gasteiger partial charge in [-0.1, -0.05) is 23.7 Å². The van der Waals surface area contributed by atoms with E-state index in [9.17, 15) is 0 Å². The molecule has 0 saturated carbocycles. The molecule has 2 bridgehead atoms. The van der Waals surface area contributed by atoms with E-state index in [0.29, 0.717) is 6.04 Å². The van der Waals surface area contributed by atoms with Gasteiger partial charge in [-0.15, -0.1) is 24.0 Å². The van der Waals surface area contributed by atoms with E-state index in [-0.39, 0.29) is 24.0 Å². The van der Waals surface area contributed by atoms with Crippen LogP contribution in [0.4, 0.5) is 0 Å². The summed E-state index contributed by atoms with van der Waals surface area (Å²) in [7, 11) is 2.09. The van der Waals surface area contributed by atoms with Gasteiger partial charge in [0.05, 0.1) is 6.54 Å². The second-order valence-corrected chi connectivity index (χ2v) is 7.10. The lowest BCUT2D eigenvalue weighted by Gasteiger charge is -2.47. The number of benzene rings is 1. The van der Waals surface area contributed by atoms with Crippen LogP contribution in [0, 0.1) is 0 Å². The van der Waals surface area contributed by atoms with Crippen LogP contribution < -0.4 is 5.32 Å². The third-order valence-corrected chi connectivity index (χ3v) is 5.13. The van der Waals surface area contributed by atoms with Gasteiger partial charge in [0, 0.05) is 63.9 Å². The molecule has 1 aromatic rings. The fourth-order valence-corrected chi connectivity index (χ4v) is 3.62. The van der Waals surface area contributed by atoms with Crippen molar-refractivity contribution in [3.8, 4) is 0 Å². The zero-order valence-electron chi connectivity index (χ0n) is 15.1. The molecule has 3 saturated heterocycles. The van der Waals surface area contributed by atoms with Crippen molar-refractivity contribution in [3.63, 3.8) is 0 Å². The van der Waals surface area contributed by atoms with Gasteiger partial charge >= 0.3 is 0 Å². The smallest absolute Gasteiger partial charge is 0.194 e. The van der Waals surface area contributed by atoms with Crippen LogP contribution >= 0.6 is 35.6 Å². The van der Waals surface area contributed by atoms with E-state index in [4.69, 9.17) is 16.6 Å². The maximum Gasteiger partial charge on any atom is 0.194 e. The van der Waals surface area contributed by atoms with E-state index >= 15 is 0 Å². The first-order valence-corrected chi connectivity index (χ1v) is 9.24. The summed E-state index contributed by atoms with van der Waals surface area (Å²) in [4.78, 5) is 12.2. The van der Waals surface area contributed by atoms with Crippen LogP contribution in [0.3, 0.4) is 0 Å². The van der Waals surface area contributed by atoms with Gasteiger partial charge in [0.25, 0.3) is 0 Å². The quantitative estimate of drug-likeness (QED) is 0.401. The first kappa shape index (κ1) is 20.7. The molecule has 5 nitrogen and oxygen atoms in total. The molecule has 1 aromatic carbocycles. The van der Waals surface area contributed by atoms with E-state index in [1.54, 1.807) is 0 Å². The van der Waals surface area contributed by atoms with Crippen LogP contribution in [-0.2, 0) is 6.54 Å². The average molecular weight is 478 g/mol. The van der Waals surface area contributed by atoms with Crippen LogP contribution in [0.25, 0.3) is 0 Å². The minimum Gasteiger partial charge on any atom is -0.357 e. The van der Waals surface area contributed by atoms with Crippen molar-refractivity contribution >= 4 is 41.5 Å². The molecule has 7 heteroatoms. The lowest BCUT2D eigenvalue weighted by molar-refractivity contribution is 0.0173. The van der Waals surface area contributed by atoms with Gasteiger partial charge in [0.15, 0.2) is 5.96 Å². The van der Waals surface area contributed by atoms with E-state index in [1.807, 2.05) is 12.1 Å². The van der Waals surface area contributed by atoms with E-state index in [1.165, 1.54) is 31.7 Å². The molecule has 0 aliphatic carbocycles. The van der Waals surface area contributed by atoms with Gasteiger partial charge in [0.1, 0.15) is 0 Å². The average Bonchev–Trinajstić information content (AvgIpc) is 2.61. The monoisotopic (exact) mass is 477 g/mol. The predicted octanol–water partition coefficient (Wildman–Crippen LogP) is 2.36. The van der Waals surface area contributed by atoms with E-state index in [0.717, 1.165) is 37.2 Å². The lowest BCUT2D eigenvalue weighted by Crippen LogP contribution is -2.62. The second-order valence-electron chi connectivity index (χ2n) is 6.67.